The lowest BCUT2D eigenvalue weighted by atomic mass is 10.1. The molecule has 31 heavy (non-hydrogen) atoms. The molecular weight excluding hydrogens is 418 g/mol. The smallest absolute Gasteiger partial charge is 0.280 e. The van der Waals surface area contributed by atoms with Crippen molar-refractivity contribution in [1.29, 1.82) is 0 Å². The molecule has 0 radical (unpaired) electrons. The molecule has 1 saturated heterocycles. The van der Waals surface area contributed by atoms with E-state index in [0.717, 1.165) is 11.3 Å². The van der Waals surface area contributed by atoms with E-state index in [2.05, 4.69) is 9.89 Å². The highest BCUT2D eigenvalue weighted by molar-refractivity contribution is 8.14. The standard InChI is InChI=1S/C22H23N3O5S/c1-27-17-7-5-14(10-19(17)29-3)9-16-21(26)25-12-24(13-31-22(25)23-16)15-6-8-18(28-2)20(11-15)30-4/h5-11H,12-13H2,1-4H3. The molecule has 2 aliphatic rings. The van der Waals surface area contributed by atoms with Crippen LogP contribution in [0.5, 0.6) is 23.0 Å². The van der Waals surface area contributed by atoms with Crippen molar-refractivity contribution in [3.63, 3.8) is 0 Å². The first kappa shape index (κ1) is 20.9. The van der Waals surface area contributed by atoms with E-state index in [-0.39, 0.29) is 5.91 Å². The van der Waals surface area contributed by atoms with Gasteiger partial charge in [0.05, 0.1) is 34.3 Å². The highest BCUT2D eigenvalue weighted by Crippen LogP contribution is 2.36. The molecule has 162 valence electrons. The monoisotopic (exact) mass is 441 g/mol. The van der Waals surface area contributed by atoms with Crippen molar-refractivity contribution < 1.29 is 23.7 Å². The van der Waals surface area contributed by atoms with E-state index >= 15 is 0 Å². The van der Waals surface area contributed by atoms with Gasteiger partial charge in [-0.3, -0.25) is 9.69 Å². The molecule has 2 aliphatic heterocycles. The second kappa shape index (κ2) is 8.81. The lowest BCUT2D eigenvalue weighted by molar-refractivity contribution is -0.122. The van der Waals surface area contributed by atoms with Crippen LogP contribution in [0.2, 0.25) is 0 Å². The van der Waals surface area contributed by atoms with Gasteiger partial charge in [0.1, 0.15) is 12.4 Å². The van der Waals surface area contributed by atoms with Gasteiger partial charge >= 0.3 is 0 Å². The Morgan fingerprint density at radius 1 is 0.903 bits per heavy atom. The molecule has 0 aromatic heterocycles. The van der Waals surface area contributed by atoms with Crippen LogP contribution in [0.4, 0.5) is 5.69 Å². The number of benzene rings is 2. The Hall–Kier alpha value is -3.33. The molecule has 4 rings (SSSR count). The third-order valence-corrected chi connectivity index (χ3v) is 6.03. The van der Waals surface area contributed by atoms with Crippen molar-refractivity contribution in [2.75, 3.05) is 45.9 Å². The number of amidine groups is 1. The molecule has 0 bridgehead atoms. The molecule has 0 unspecified atom stereocenters. The summed E-state index contributed by atoms with van der Waals surface area (Å²) in [5, 5.41) is 0.702. The minimum Gasteiger partial charge on any atom is -0.493 e. The van der Waals surface area contributed by atoms with Gasteiger partial charge in [-0.25, -0.2) is 4.99 Å². The highest BCUT2D eigenvalue weighted by atomic mass is 32.2. The summed E-state index contributed by atoms with van der Waals surface area (Å²) in [7, 11) is 6.37. The van der Waals surface area contributed by atoms with E-state index < -0.39 is 0 Å². The number of aliphatic imine (C=N–C) groups is 1. The molecule has 9 heteroatoms. The average Bonchev–Trinajstić information content (AvgIpc) is 3.12. The number of carbonyl (C=O) groups excluding carboxylic acids is 1. The maximum absolute atomic E-state index is 13.0. The largest absolute Gasteiger partial charge is 0.493 e. The number of anilines is 1. The predicted molar refractivity (Wildman–Crippen MR) is 121 cm³/mol. The van der Waals surface area contributed by atoms with Crippen molar-refractivity contribution in [3.8, 4) is 23.0 Å². The van der Waals surface area contributed by atoms with E-state index in [4.69, 9.17) is 18.9 Å². The fourth-order valence-corrected chi connectivity index (χ4v) is 4.35. The number of amides is 1. The lowest BCUT2D eigenvalue weighted by Crippen LogP contribution is -2.46. The Balaban J connectivity index is 1.55. The summed E-state index contributed by atoms with van der Waals surface area (Å²) >= 11 is 1.52. The first-order chi connectivity index (χ1) is 15.1. The van der Waals surface area contributed by atoms with Gasteiger partial charge in [-0.1, -0.05) is 17.8 Å². The summed E-state index contributed by atoms with van der Waals surface area (Å²) in [5.41, 5.74) is 2.14. The van der Waals surface area contributed by atoms with E-state index in [1.807, 2.05) is 30.3 Å². The first-order valence-corrected chi connectivity index (χ1v) is 10.5. The molecule has 0 aliphatic carbocycles. The number of fused-ring (bicyclic) bond motifs is 1. The number of ether oxygens (including phenoxy) is 4. The Morgan fingerprint density at radius 3 is 2.23 bits per heavy atom. The van der Waals surface area contributed by atoms with Crippen molar-refractivity contribution in [2.24, 2.45) is 4.99 Å². The van der Waals surface area contributed by atoms with Crippen LogP contribution in [0.1, 0.15) is 5.56 Å². The molecular formula is C22H23N3O5S. The fourth-order valence-electron chi connectivity index (χ4n) is 3.39. The topological polar surface area (TPSA) is 72.8 Å². The van der Waals surface area contributed by atoms with E-state index in [1.54, 1.807) is 45.5 Å². The summed E-state index contributed by atoms with van der Waals surface area (Å²) < 4.78 is 21.3. The zero-order valence-corrected chi connectivity index (χ0v) is 18.6. The molecule has 0 atom stereocenters. The van der Waals surface area contributed by atoms with Crippen LogP contribution >= 0.6 is 11.8 Å². The van der Waals surface area contributed by atoms with Crippen LogP contribution in [-0.2, 0) is 4.79 Å². The SMILES string of the molecule is COc1ccc(C=C2N=C3SCN(c4ccc(OC)c(OC)c4)CN3C2=O)cc1OC. The van der Waals surface area contributed by atoms with E-state index in [1.165, 1.54) is 11.8 Å². The van der Waals surface area contributed by atoms with Crippen molar-refractivity contribution in [2.45, 2.75) is 0 Å². The third kappa shape index (κ3) is 4.00. The van der Waals surface area contributed by atoms with Crippen LogP contribution in [0.3, 0.4) is 0 Å². The molecule has 8 nitrogen and oxygen atoms in total. The van der Waals surface area contributed by atoms with Crippen LogP contribution in [-0.4, -0.2) is 57.0 Å². The molecule has 2 aromatic rings. The molecule has 0 saturated carbocycles. The number of nitrogens with zero attached hydrogens (tertiary/aromatic N) is 3. The van der Waals surface area contributed by atoms with Gasteiger partial charge in [0.2, 0.25) is 0 Å². The van der Waals surface area contributed by atoms with Gasteiger partial charge in [0.25, 0.3) is 5.91 Å². The van der Waals surface area contributed by atoms with E-state index in [0.29, 0.717) is 46.4 Å². The summed E-state index contributed by atoms with van der Waals surface area (Å²) in [6.45, 7) is 0.406. The third-order valence-electron chi connectivity index (χ3n) is 5.02. The van der Waals surface area contributed by atoms with Gasteiger partial charge in [-0.15, -0.1) is 0 Å². The summed E-state index contributed by atoms with van der Waals surface area (Å²) in [6.07, 6.45) is 1.76. The van der Waals surface area contributed by atoms with E-state index in [9.17, 15) is 4.79 Å². The first-order valence-electron chi connectivity index (χ1n) is 9.52. The molecule has 1 amide bonds. The van der Waals surface area contributed by atoms with Crippen molar-refractivity contribution in [3.05, 3.63) is 47.7 Å². The summed E-state index contributed by atoms with van der Waals surface area (Å²) in [5.74, 6) is 3.07. The number of hydrogen-bond donors (Lipinski definition) is 0. The predicted octanol–water partition coefficient (Wildman–Crippen LogP) is 3.43. The van der Waals surface area contributed by atoms with Crippen molar-refractivity contribution >= 4 is 34.6 Å². The molecule has 2 heterocycles. The molecule has 1 fully saturated rings. The Labute approximate surface area is 185 Å². The maximum atomic E-state index is 13.0. The molecule has 0 N–H and O–H groups in total. The number of methoxy groups -OCH3 is 4. The zero-order chi connectivity index (χ0) is 22.0. The van der Waals surface area contributed by atoms with Crippen molar-refractivity contribution in [1.82, 2.24) is 4.90 Å². The number of rotatable bonds is 6. The van der Waals surface area contributed by atoms with Crippen LogP contribution < -0.4 is 23.8 Å². The summed E-state index contributed by atoms with van der Waals surface area (Å²) in [4.78, 5) is 21.3. The lowest BCUT2D eigenvalue weighted by Gasteiger charge is -2.34. The van der Waals surface area contributed by atoms with Gasteiger partial charge in [-0.05, 0) is 35.9 Å². The Kier molecular flexibility index (Phi) is 5.94. The van der Waals surface area contributed by atoms with Crippen LogP contribution in [0.25, 0.3) is 6.08 Å². The quantitative estimate of drug-likeness (QED) is 0.636. The average molecular weight is 442 g/mol. The van der Waals surface area contributed by atoms with Gasteiger partial charge in [-0.2, -0.15) is 0 Å². The summed E-state index contributed by atoms with van der Waals surface area (Å²) in [6, 6.07) is 11.2. The maximum Gasteiger partial charge on any atom is 0.280 e. The second-order valence-electron chi connectivity index (χ2n) is 6.77. The van der Waals surface area contributed by atoms with Gasteiger partial charge in [0, 0.05) is 11.8 Å². The second-order valence-corrected chi connectivity index (χ2v) is 7.68. The highest BCUT2D eigenvalue weighted by Gasteiger charge is 2.35. The normalized spacial score (nSPS) is 16.8. The zero-order valence-electron chi connectivity index (χ0n) is 17.7. The number of carbonyl (C=O) groups is 1. The Morgan fingerprint density at radius 2 is 1.55 bits per heavy atom. The van der Waals surface area contributed by atoms with Gasteiger partial charge < -0.3 is 23.8 Å². The van der Waals surface area contributed by atoms with Gasteiger partial charge in [0.15, 0.2) is 28.2 Å². The number of hydrogen-bond acceptors (Lipinski definition) is 8. The fraction of sp³-hybridized carbons (Fsp3) is 0.273. The number of thioether (sulfide) groups is 1. The van der Waals surface area contributed by atoms with Crippen LogP contribution in [0, 0.1) is 0 Å². The molecule has 0 spiro atoms. The molecule has 2 aromatic carbocycles. The minimum absolute atomic E-state index is 0.137. The minimum atomic E-state index is -0.137. The Bertz CT molecular complexity index is 1070. The van der Waals surface area contributed by atoms with Crippen LogP contribution in [0.15, 0.2) is 47.1 Å².